The molecule has 2 aromatic carbocycles. The van der Waals surface area contributed by atoms with Gasteiger partial charge in [0.1, 0.15) is 0 Å². The first-order valence-corrected chi connectivity index (χ1v) is 9.66. The van der Waals surface area contributed by atoms with Crippen LogP contribution in [0.1, 0.15) is 16.8 Å². The Kier molecular flexibility index (Phi) is 4.73. The van der Waals surface area contributed by atoms with Crippen LogP contribution in [-0.2, 0) is 30.0 Å². The van der Waals surface area contributed by atoms with Crippen molar-refractivity contribution in [2.45, 2.75) is 19.9 Å². The fourth-order valence-electron chi connectivity index (χ4n) is 2.81. The van der Waals surface area contributed by atoms with Crippen molar-refractivity contribution in [1.82, 2.24) is 9.29 Å². The molecule has 0 unspecified atom stereocenters. The monoisotopic (exact) mass is 342 g/mol. The predicted octanol–water partition coefficient (Wildman–Crippen LogP) is 3.15. The third kappa shape index (κ3) is 3.86. The normalized spacial score (nSPS) is 11.9. The highest BCUT2D eigenvalue weighted by Gasteiger charge is 2.11. The van der Waals surface area contributed by atoms with Crippen LogP contribution in [0.15, 0.2) is 54.6 Å². The Balaban J connectivity index is 1.64. The minimum Gasteiger partial charge on any atom is -0.348 e. The van der Waals surface area contributed by atoms with Gasteiger partial charge in [-0.3, -0.25) is 0 Å². The highest BCUT2D eigenvalue weighted by molar-refractivity contribution is 7.89. The lowest BCUT2D eigenvalue weighted by molar-refractivity contribution is 0.580. The van der Waals surface area contributed by atoms with Crippen molar-refractivity contribution < 1.29 is 8.42 Å². The third-order valence-corrected chi connectivity index (χ3v) is 5.67. The minimum absolute atomic E-state index is 0.101. The lowest BCUT2D eigenvalue weighted by atomic mass is 10.1. The van der Waals surface area contributed by atoms with Gasteiger partial charge >= 0.3 is 0 Å². The number of aryl methyl sites for hydroxylation is 3. The molecule has 3 rings (SSSR count). The molecule has 0 spiro atoms. The average molecular weight is 342 g/mol. The second kappa shape index (κ2) is 6.79. The van der Waals surface area contributed by atoms with Gasteiger partial charge in [0.2, 0.25) is 10.0 Å². The third-order valence-electron chi connectivity index (χ3n) is 4.35. The molecule has 0 amide bonds. The molecule has 3 aromatic rings. The van der Waals surface area contributed by atoms with Crippen LogP contribution in [0.4, 0.5) is 0 Å². The Labute approximate surface area is 143 Å². The maximum atomic E-state index is 12.2. The summed E-state index contributed by atoms with van der Waals surface area (Å²) in [6.07, 6.45) is 0.521. The van der Waals surface area contributed by atoms with E-state index in [2.05, 4.69) is 22.3 Å². The SMILES string of the molecule is Cc1cc2cc(CNS(=O)(=O)CCc3ccccc3)ccc2n1C. The smallest absolute Gasteiger partial charge is 0.212 e. The van der Waals surface area contributed by atoms with E-state index in [-0.39, 0.29) is 5.75 Å². The first kappa shape index (κ1) is 16.7. The van der Waals surface area contributed by atoms with Crippen LogP contribution < -0.4 is 4.72 Å². The summed E-state index contributed by atoms with van der Waals surface area (Å²) < 4.78 is 29.2. The average Bonchev–Trinajstić information content (AvgIpc) is 2.86. The number of nitrogens with one attached hydrogen (secondary N) is 1. The number of hydrogen-bond acceptors (Lipinski definition) is 2. The van der Waals surface area contributed by atoms with Crippen LogP contribution in [0.3, 0.4) is 0 Å². The van der Waals surface area contributed by atoms with Crippen molar-refractivity contribution in [2.24, 2.45) is 7.05 Å². The summed E-state index contributed by atoms with van der Waals surface area (Å²) in [6.45, 7) is 2.38. The molecule has 0 radical (unpaired) electrons. The van der Waals surface area contributed by atoms with Crippen molar-refractivity contribution in [3.8, 4) is 0 Å². The Morgan fingerprint density at radius 1 is 1.00 bits per heavy atom. The highest BCUT2D eigenvalue weighted by Crippen LogP contribution is 2.19. The second-order valence-corrected chi connectivity index (χ2v) is 8.04. The molecule has 1 aromatic heterocycles. The fourth-order valence-corrected chi connectivity index (χ4v) is 3.84. The fraction of sp³-hybridized carbons (Fsp3) is 0.263. The van der Waals surface area contributed by atoms with Gasteiger partial charge in [0.15, 0.2) is 0 Å². The number of rotatable bonds is 6. The Bertz CT molecular complexity index is 944. The topological polar surface area (TPSA) is 51.1 Å². The first-order valence-electron chi connectivity index (χ1n) is 8.01. The molecule has 4 nitrogen and oxygen atoms in total. The van der Waals surface area contributed by atoms with E-state index in [1.165, 1.54) is 5.69 Å². The zero-order valence-corrected chi connectivity index (χ0v) is 14.8. The van der Waals surface area contributed by atoms with Crippen molar-refractivity contribution in [1.29, 1.82) is 0 Å². The van der Waals surface area contributed by atoms with E-state index in [9.17, 15) is 8.42 Å². The Morgan fingerprint density at radius 3 is 2.50 bits per heavy atom. The van der Waals surface area contributed by atoms with Crippen LogP contribution in [0.5, 0.6) is 0 Å². The summed E-state index contributed by atoms with van der Waals surface area (Å²) in [5, 5.41) is 1.14. The molecule has 0 bridgehead atoms. The first-order chi connectivity index (χ1) is 11.4. The summed E-state index contributed by atoms with van der Waals surface area (Å²) in [6, 6.07) is 17.8. The molecule has 0 atom stereocenters. The second-order valence-electron chi connectivity index (χ2n) is 6.11. The van der Waals surface area contributed by atoms with E-state index >= 15 is 0 Å². The van der Waals surface area contributed by atoms with Crippen molar-refractivity contribution in [3.05, 3.63) is 71.4 Å². The van der Waals surface area contributed by atoms with E-state index in [1.54, 1.807) is 0 Å². The molecule has 5 heteroatoms. The standard InChI is InChI=1S/C19H22N2O2S/c1-15-12-18-13-17(8-9-19(18)21(15)2)14-20-24(22,23)11-10-16-6-4-3-5-7-16/h3-9,12-13,20H,10-11,14H2,1-2H3. The molecule has 0 saturated heterocycles. The largest absolute Gasteiger partial charge is 0.348 e. The summed E-state index contributed by atoms with van der Waals surface area (Å²) in [5.74, 6) is 0.101. The molecule has 0 aliphatic heterocycles. The van der Waals surface area contributed by atoms with Crippen LogP contribution in [-0.4, -0.2) is 18.7 Å². The molecule has 1 heterocycles. The zero-order chi connectivity index (χ0) is 17.2. The van der Waals surface area contributed by atoms with E-state index in [0.717, 1.165) is 22.0 Å². The van der Waals surface area contributed by atoms with Crippen LogP contribution in [0.25, 0.3) is 10.9 Å². The number of fused-ring (bicyclic) bond motifs is 1. The van der Waals surface area contributed by atoms with Crippen LogP contribution in [0.2, 0.25) is 0 Å². The van der Waals surface area contributed by atoms with Gasteiger partial charge < -0.3 is 4.57 Å². The van der Waals surface area contributed by atoms with E-state index in [1.807, 2.05) is 55.6 Å². The molecule has 0 aliphatic carbocycles. The van der Waals surface area contributed by atoms with Gasteiger partial charge in [-0.2, -0.15) is 0 Å². The molecular weight excluding hydrogens is 320 g/mol. The minimum atomic E-state index is -3.29. The van der Waals surface area contributed by atoms with Gasteiger partial charge in [-0.15, -0.1) is 0 Å². The zero-order valence-electron chi connectivity index (χ0n) is 14.0. The Morgan fingerprint density at radius 2 is 1.75 bits per heavy atom. The van der Waals surface area contributed by atoms with E-state index in [4.69, 9.17) is 0 Å². The van der Waals surface area contributed by atoms with Gasteiger partial charge in [0, 0.05) is 30.2 Å². The van der Waals surface area contributed by atoms with Gasteiger partial charge in [0.25, 0.3) is 0 Å². The molecule has 126 valence electrons. The van der Waals surface area contributed by atoms with Crippen molar-refractivity contribution in [2.75, 3.05) is 5.75 Å². The molecule has 24 heavy (non-hydrogen) atoms. The number of hydrogen-bond donors (Lipinski definition) is 1. The molecular formula is C19H22N2O2S. The molecule has 0 saturated carbocycles. The quantitative estimate of drug-likeness (QED) is 0.748. The number of aromatic nitrogens is 1. The molecule has 0 aliphatic rings. The van der Waals surface area contributed by atoms with Crippen LogP contribution >= 0.6 is 0 Å². The number of benzene rings is 2. The van der Waals surface area contributed by atoms with E-state index < -0.39 is 10.0 Å². The summed E-state index contributed by atoms with van der Waals surface area (Å²) >= 11 is 0. The highest BCUT2D eigenvalue weighted by atomic mass is 32.2. The van der Waals surface area contributed by atoms with Crippen LogP contribution in [0, 0.1) is 6.92 Å². The maximum absolute atomic E-state index is 12.2. The van der Waals surface area contributed by atoms with Crippen molar-refractivity contribution in [3.63, 3.8) is 0 Å². The molecule has 1 N–H and O–H groups in total. The van der Waals surface area contributed by atoms with Crippen molar-refractivity contribution >= 4 is 20.9 Å². The summed E-state index contributed by atoms with van der Waals surface area (Å²) in [4.78, 5) is 0. The van der Waals surface area contributed by atoms with Gasteiger partial charge in [-0.05, 0) is 42.7 Å². The number of sulfonamides is 1. The molecule has 0 fully saturated rings. The predicted molar refractivity (Wildman–Crippen MR) is 98.4 cm³/mol. The number of nitrogens with zero attached hydrogens (tertiary/aromatic N) is 1. The summed E-state index contributed by atoms with van der Waals surface area (Å²) in [7, 11) is -1.26. The lowest BCUT2D eigenvalue weighted by Gasteiger charge is -2.07. The van der Waals surface area contributed by atoms with Gasteiger partial charge in [-0.1, -0.05) is 36.4 Å². The Hall–Kier alpha value is -2.11. The summed E-state index contributed by atoms with van der Waals surface area (Å²) in [5.41, 5.74) is 4.34. The van der Waals surface area contributed by atoms with Gasteiger partial charge in [0.05, 0.1) is 5.75 Å². The maximum Gasteiger partial charge on any atom is 0.212 e. The van der Waals surface area contributed by atoms with Gasteiger partial charge in [-0.25, -0.2) is 13.1 Å². The lowest BCUT2D eigenvalue weighted by Crippen LogP contribution is -2.26. The van der Waals surface area contributed by atoms with E-state index in [0.29, 0.717) is 13.0 Å².